The summed E-state index contributed by atoms with van der Waals surface area (Å²) in [6.45, 7) is 4.06. The van der Waals surface area contributed by atoms with E-state index in [2.05, 4.69) is 20.3 Å². The Kier molecular flexibility index (Phi) is 3.78. The van der Waals surface area contributed by atoms with Crippen LogP contribution in [0.5, 0.6) is 5.88 Å². The second kappa shape index (κ2) is 5.32. The third kappa shape index (κ3) is 2.30. The van der Waals surface area contributed by atoms with Gasteiger partial charge in [0.1, 0.15) is 18.1 Å². The molecule has 0 radical (unpaired) electrons. The van der Waals surface area contributed by atoms with Crippen LogP contribution in [0.3, 0.4) is 0 Å². The van der Waals surface area contributed by atoms with Crippen molar-refractivity contribution in [3.05, 3.63) is 30.1 Å². The normalized spacial score (nSPS) is 14.1. The molecule has 0 aromatic carbocycles. The predicted octanol–water partition coefficient (Wildman–Crippen LogP) is 0.875. The number of nitrogens with zero attached hydrogens (tertiary/aromatic N) is 4. The summed E-state index contributed by atoms with van der Waals surface area (Å²) in [7, 11) is 0. The minimum absolute atomic E-state index is 0. The van der Waals surface area contributed by atoms with E-state index in [9.17, 15) is 0 Å². The van der Waals surface area contributed by atoms with Crippen LogP contribution in [0.4, 0.5) is 0 Å². The first kappa shape index (κ1) is 12.8. The van der Waals surface area contributed by atoms with Gasteiger partial charge in [0, 0.05) is 25.5 Å². The van der Waals surface area contributed by atoms with E-state index in [-0.39, 0.29) is 12.4 Å². The summed E-state index contributed by atoms with van der Waals surface area (Å²) in [6, 6.07) is 0. The van der Waals surface area contributed by atoms with E-state index in [0.717, 1.165) is 23.9 Å². The van der Waals surface area contributed by atoms with E-state index < -0.39 is 0 Å². The van der Waals surface area contributed by atoms with Crippen molar-refractivity contribution in [2.75, 3.05) is 13.2 Å². The number of fused-ring (bicyclic) bond motifs is 1. The molecule has 0 fully saturated rings. The zero-order valence-electron chi connectivity index (χ0n) is 9.96. The van der Waals surface area contributed by atoms with Crippen molar-refractivity contribution in [2.24, 2.45) is 0 Å². The van der Waals surface area contributed by atoms with E-state index >= 15 is 0 Å². The molecule has 3 heterocycles. The highest BCUT2D eigenvalue weighted by Crippen LogP contribution is 2.17. The fraction of sp³-hybridized carbons (Fsp3) is 0.364. The number of hydrogen-bond donors (Lipinski definition) is 1. The van der Waals surface area contributed by atoms with Gasteiger partial charge in [0.25, 0.3) is 0 Å². The molecule has 18 heavy (non-hydrogen) atoms. The number of imidazole rings is 1. The maximum Gasteiger partial charge on any atom is 0.239 e. The topological polar surface area (TPSA) is 64.9 Å². The summed E-state index contributed by atoms with van der Waals surface area (Å²) in [5.74, 6) is 2.23. The summed E-state index contributed by atoms with van der Waals surface area (Å²) >= 11 is 0. The maximum atomic E-state index is 5.56. The minimum Gasteiger partial charge on any atom is -0.475 e. The van der Waals surface area contributed by atoms with Gasteiger partial charge in [-0.25, -0.2) is 4.98 Å². The lowest BCUT2D eigenvalue weighted by Crippen LogP contribution is -2.16. The van der Waals surface area contributed by atoms with Gasteiger partial charge < -0.3 is 10.1 Å². The van der Waals surface area contributed by atoms with Gasteiger partial charge in [0.2, 0.25) is 5.88 Å². The maximum absolute atomic E-state index is 5.56. The zero-order valence-corrected chi connectivity index (χ0v) is 10.8. The van der Waals surface area contributed by atoms with Crippen molar-refractivity contribution in [3.63, 3.8) is 0 Å². The molecular formula is C11H14ClN5O. The van der Waals surface area contributed by atoms with Crippen LogP contribution in [0.1, 0.15) is 11.5 Å². The molecule has 0 amide bonds. The van der Waals surface area contributed by atoms with Crippen molar-refractivity contribution in [1.82, 2.24) is 24.8 Å². The second-order valence-corrected chi connectivity index (χ2v) is 3.85. The molecule has 96 valence electrons. The van der Waals surface area contributed by atoms with Gasteiger partial charge in [0.05, 0.1) is 6.20 Å². The number of halogens is 1. The second-order valence-electron chi connectivity index (χ2n) is 3.85. The lowest BCUT2D eigenvalue weighted by atomic mass is 10.4. The van der Waals surface area contributed by atoms with Crippen molar-refractivity contribution in [1.29, 1.82) is 0 Å². The Hall–Kier alpha value is -1.66. The van der Waals surface area contributed by atoms with Gasteiger partial charge in [-0.3, -0.25) is 9.55 Å². The van der Waals surface area contributed by atoms with Gasteiger partial charge >= 0.3 is 0 Å². The molecule has 2 aromatic heterocycles. The Morgan fingerprint density at radius 3 is 3.06 bits per heavy atom. The summed E-state index contributed by atoms with van der Waals surface area (Å²) in [5, 5.41) is 3.22. The molecular weight excluding hydrogens is 254 g/mol. The molecule has 0 spiro atoms. The highest BCUT2D eigenvalue weighted by molar-refractivity contribution is 5.85. The third-order valence-corrected chi connectivity index (χ3v) is 2.68. The minimum atomic E-state index is 0. The van der Waals surface area contributed by atoms with Gasteiger partial charge in [-0.2, -0.15) is 4.98 Å². The average molecular weight is 268 g/mol. The van der Waals surface area contributed by atoms with Crippen molar-refractivity contribution < 1.29 is 4.74 Å². The first-order chi connectivity index (χ1) is 8.34. The largest absolute Gasteiger partial charge is 0.475 e. The Morgan fingerprint density at radius 2 is 2.28 bits per heavy atom. The molecule has 2 aromatic rings. The number of aryl methyl sites for hydroxylation is 1. The van der Waals surface area contributed by atoms with Gasteiger partial charge in [0.15, 0.2) is 5.82 Å². The summed E-state index contributed by atoms with van der Waals surface area (Å²) < 4.78 is 7.44. The van der Waals surface area contributed by atoms with Gasteiger partial charge in [-0.1, -0.05) is 0 Å². The third-order valence-electron chi connectivity index (χ3n) is 2.68. The van der Waals surface area contributed by atoms with E-state index in [1.54, 1.807) is 12.4 Å². The van der Waals surface area contributed by atoms with Crippen molar-refractivity contribution >= 4 is 12.4 Å². The van der Waals surface area contributed by atoms with Crippen LogP contribution in [-0.4, -0.2) is 32.7 Å². The molecule has 0 saturated heterocycles. The molecule has 1 N–H and O–H groups in total. The highest BCUT2D eigenvalue weighted by atomic mass is 35.5. The molecule has 0 bridgehead atoms. The SMILES string of the molecule is Cc1nccn1-c1cnc2c(n1)OCCNC2.Cl. The Morgan fingerprint density at radius 1 is 1.39 bits per heavy atom. The van der Waals surface area contributed by atoms with Gasteiger partial charge in [-0.15, -0.1) is 12.4 Å². The number of hydrogen-bond acceptors (Lipinski definition) is 5. The molecule has 0 unspecified atom stereocenters. The van der Waals surface area contributed by atoms with Crippen LogP contribution in [0.25, 0.3) is 5.82 Å². The first-order valence-corrected chi connectivity index (χ1v) is 5.54. The molecule has 3 rings (SSSR count). The Labute approximate surface area is 111 Å². The zero-order chi connectivity index (χ0) is 11.7. The van der Waals surface area contributed by atoms with Crippen molar-refractivity contribution in [2.45, 2.75) is 13.5 Å². The van der Waals surface area contributed by atoms with E-state index in [4.69, 9.17) is 4.74 Å². The molecule has 0 aliphatic carbocycles. The van der Waals surface area contributed by atoms with Crippen LogP contribution < -0.4 is 10.1 Å². The highest BCUT2D eigenvalue weighted by Gasteiger charge is 2.13. The number of aromatic nitrogens is 4. The lowest BCUT2D eigenvalue weighted by Gasteiger charge is -2.08. The summed E-state index contributed by atoms with van der Waals surface area (Å²) in [5.41, 5.74) is 0.851. The van der Waals surface area contributed by atoms with Crippen LogP contribution in [-0.2, 0) is 6.54 Å². The van der Waals surface area contributed by atoms with E-state index in [0.29, 0.717) is 19.0 Å². The predicted molar refractivity (Wildman–Crippen MR) is 68.3 cm³/mol. The van der Waals surface area contributed by atoms with Crippen LogP contribution in [0.2, 0.25) is 0 Å². The fourth-order valence-electron chi connectivity index (χ4n) is 1.79. The first-order valence-electron chi connectivity index (χ1n) is 5.54. The van der Waals surface area contributed by atoms with E-state index in [1.807, 2.05) is 17.7 Å². The quantitative estimate of drug-likeness (QED) is 0.831. The van der Waals surface area contributed by atoms with Crippen molar-refractivity contribution in [3.8, 4) is 11.7 Å². The van der Waals surface area contributed by atoms with Crippen LogP contribution in [0.15, 0.2) is 18.6 Å². The molecule has 7 heteroatoms. The van der Waals surface area contributed by atoms with Gasteiger partial charge in [-0.05, 0) is 6.92 Å². The Bertz CT molecular complexity index is 542. The molecule has 6 nitrogen and oxygen atoms in total. The standard InChI is InChI=1S/C11H13N5O.ClH/c1-8-13-2-4-16(8)10-7-14-9-6-12-3-5-17-11(9)15-10;/h2,4,7,12H,3,5-6H2,1H3;1H. The Balaban J connectivity index is 0.00000120. The monoisotopic (exact) mass is 267 g/mol. The number of nitrogens with one attached hydrogen (secondary N) is 1. The fourth-order valence-corrected chi connectivity index (χ4v) is 1.79. The van der Waals surface area contributed by atoms with Crippen LogP contribution >= 0.6 is 12.4 Å². The summed E-state index contributed by atoms with van der Waals surface area (Å²) in [6.07, 6.45) is 5.34. The molecule has 0 atom stereocenters. The lowest BCUT2D eigenvalue weighted by molar-refractivity contribution is 0.312. The van der Waals surface area contributed by atoms with E-state index in [1.165, 1.54) is 0 Å². The average Bonchev–Trinajstić information content (AvgIpc) is 2.64. The smallest absolute Gasteiger partial charge is 0.239 e. The molecule has 1 aliphatic heterocycles. The number of rotatable bonds is 1. The summed E-state index contributed by atoms with van der Waals surface area (Å²) in [4.78, 5) is 13.0. The molecule has 0 saturated carbocycles. The molecule has 1 aliphatic rings. The van der Waals surface area contributed by atoms with Crippen LogP contribution in [0, 0.1) is 6.92 Å². The number of ether oxygens (including phenoxy) is 1.